The number of methoxy groups -OCH3 is 2. The third kappa shape index (κ3) is 3.32. The largest absolute Gasteiger partial charge is 0.496 e. The summed E-state index contributed by atoms with van der Waals surface area (Å²) in [4.78, 5) is 13.4. The van der Waals surface area contributed by atoms with Crippen molar-refractivity contribution < 1.29 is 14.3 Å². The minimum Gasteiger partial charge on any atom is -0.496 e. The molecule has 2 aromatic rings. The summed E-state index contributed by atoms with van der Waals surface area (Å²) < 4.78 is 11.5. The Hall–Kier alpha value is -1.53. The molecule has 0 unspecified atom stereocenters. The molecule has 0 bridgehead atoms. The number of carbonyl (C=O) groups excluding carboxylic acids is 1. The van der Waals surface area contributed by atoms with Gasteiger partial charge in [0.25, 0.3) is 5.91 Å². The van der Waals surface area contributed by atoms with Crippen LogP contribution in [0.2, 0.25) is 0 Å². The number of ether oxygens (including phenoxy) is 2. The van der Waals surface area contributed by atoms with Crippen molar-refractivity contribution in [3.8, 4) is 11.5 Å². The fourth-order valence-electron chi connectivity index (χ4n) is 1.78. The average Bonchev–Trinajstić information content (AvgIpc) is 2.89. The predicted molar refractivity (Wildman–Crippen MR) is 82.7 cm³/mol. The fraction of sp³-hybridized carbons (Fsp3) is 0.214. The summed E-state index contributed by atoms with van der Waals surface area (Å²) in [7, 11) is 3.06. The van der Waals surface area contributed by atoms with Gasteiger partial charge in [0.2, 0.25) is 0 Å². The molecule has 0 aliphatic heterocycles. The van der Waals surface area contributed by atoms with Gasteiger partial charge in [-0.1, -0.05) is 6.07 Å². The van der Waals surface area contributed by atoms with Crippen molar-refractivity contribution in [2.45, 2.75) is 6.54 Å². The van der Waals surface area contributed by atoms with Gasteiger partial charge in [-0.15, -0.1) is 11.3 Å². The molecule has 0 aliphatic carbocycles. The van der Waals surface area contributed by atoms with Gasteiger partial charge in [0.05, 0.1) is 20.8 Å². The molecule has 20 heavy (non-hydrogen) atoms. The van der Waals surface area contributed by atoms with Gasteiger partial charge in [0, 0.05) is 14.7 Å². The lowest BCUT2D eigenvalue weighted by molar-refractivity contribution is 0.0945. The van der Waals surface area contributed by atoms with Gasteiger partial charge in [-0.05, 0) is 34.1 Å². The summed E-state index contributed by atoms with van der Waals surface area (Å²) >= 11 is 4.97. The first-order valence-corrected chi connectivity index (χ1v) is 7.55. The van der Waals surface area contributed by atoms with Crippen molar-refractivity contribution >= 4 is 33.2 Å². The monoisotopic (exact) mass is 355 g/mol. The zero-order valence-electron chi connectivity index (χ0n) is 11.1. The molecule has 1 aromatic heterocycles. The van der Waals surface area contributed by atoms with Crippen LogP contribution in [0.4, 0.5) is 0 Å². The number of hydrogen-bond donors (Lipinski definition) is 1. The van der Waals surface area contributed by atoms with Gasteiger partial charge in [0.15, 0.2) is 0 Å². The van der Waals surface area contributed by atoms with E-state index in [1.165, 1.54) is 14.2 Å². The summed E-state index contributed by atoms with van der Waals surface area (Å²) in [6.45, 7) is 0.469. The summed E-state index contributed by atoms with van der Waals surface area (Å²) in [5.74, 6) is 0.771. The first-order chi connectivity index (χ1) is 9.65. The van der Waals surface area contributed by atoms with E-state index in [4.69, 9.17) is 9.47 Å². The number of benzene rings is 1. The number of thiophene rings is 1. The van der Waals surface area contributed by atoms with Crippen LogP contribution in [-0.4, -0.2) is 20.1 Å². The molecule has 4 nitrogen and oxygen atoms in total. The Labute approximate surface area is 129 Å². The zero-order valence-corrected chi connectivity index (χ0v) is 13.5. The van der Waals surface area contributed by atoms with Crippen LogP contribution in [0, 0.1) is 0 Å². The molecule has 0 saturated carbocycles. The van der Waals surface area contributed by atoms with Crippen LogP contribution in [0.15, 0.2) is 34.1 Å². The van der Waals surface area contributed by atoms with Gasteiger partial charge in [0.1, 0.15) is 17.1 Å². The number of nitrogens with one attached hydrogen (secondary N) is 1. The molecule has 0 fully saturated rings. The molecule has 106 valence electrons. The Morgan fingerprint density at radius 1 is 1.30 bits per heavy atom. The van der Waals surface area contributed by atoms with Crippen molar-refractivity contribution in [1.29, 1.82) is 0 Å². The van der Waals surface area contributed by atoms with Crippen LogP contribution in [-0.2, 0) is 6.54 Å². The Kier molecular flexibility index (Phi) is 5.03. The molecule has 1 aromatic carbocycles. The van der Waals surface area contributed by atoms with Crippen LogP contribution in [0.1, 0.15) is 15.2 Å². The molecule has 0 aliphatic rings. The average molecular weight is 356 g/mol. The number of carbonyl (C=O) groups is 1. The molecule has 0 atom stereocenters. The standard InChI is InChI=1S/C14H14BrNO3S/c1-18-11-4-3-5-12(19-2)13(11)14(17)16-7-10-6-9(15)8-20-10/h3-6,8H,7H2,1-2H3,(H,16,17). The molecule has 1 heterocycles. The lowest BCUT2D eigenvalue weighted by atomic mass is 10.1. The molecular formula is C14H14BrNO3S. The summed E-state index contributed by atoms with van der Waals surface area (Å²) in [6.07, 6.45) is 0. The van der Waals surface area contributed by atoms with Crippen molar-refractivity contribution in [1.82, 2.24) is 5.32 Å². The van der Waals surface area contributed by atoms with Crippen LogP contribution in [0.25, 0.3) is 0 Å². The number of hydrogen-bond acceptors (Lipinski definition) is 4. The van der Waals surface area contributed by atoms with E-state index in [2.05, 4.69) is 21.2 Å². The highest BCUT2D eigenvalue weighted by Gasteiger charge is 2.17. The van der Waals surface area contributed by atoms with Crippen molar-refractivity contribution in [3.05, 3.63) is 44.6 Å². The highest BCUT2D eigenvalue weighted by Crippen LogP contribution is 2.28. The quantitative estimate of drug-likeness (QED) is 0.893. The molecule has 6 heteroatoms. The van der Waals surface area contributed by atoms with Crippen LogP contribution in [0.3, 0.4) is 0 Å². The maximum Gasteiger partial charge on any atom is 0.259 e. The second-order valence-electron chi connectivity index (χ2n) is 3.95. The Bertz CT molecular complexity index is 590. The van der Waals surface area contributed by atoms with Crippen molar-refractivity contribution in [3.63, 3.8) is 0 Å². The van der Waals surface area contributed by atoms with E-state index >= 15 is 0 Å². The van der Waals surface area contributed by atoms with E-state index < -0.39 is 0 Å². The highest BCUT2D eigenvalue weighted by molar-refractivity contribution is 9.10. The van der Waals surface area contributed by atoms with Crippen LogP contribution < -0.4 is 14.8 Å². The second-order valence-corrected chi connectivity index (χ2v) is 5.86. The SMILES string of the molecule is COc1cccc(OC)c1C(=O)NCc1cc(Br)cs1. The Morgan fingerprint density at radius 2 is 1.95 bits per heavy atom. The minimum atomic E-state index is -0.219. The van der Waals surface area contributed by atoms with Crippen molar-refractivity contribution in [2.24, 2.45) is 0 Å². The molecular weight excluding hydrogens is 342 g/mol. The first-order valence-electron chi connectivity index (χ1n) is 5.87. The maximum atomic E-state index is 12.3. The van der Waals surface area contributed by atoms with Crippen LogP contribution in [0.5, 0.6) is 11.5 Å². The van der Waals surface area contributed by atoms with E-state index in [0.717, 1.165) is 9.35 Å². The van der Waals surface area contributed by atoms with Gasteiger partial charge in [-0.3, -0.25) is 4.79 Å². The van der Waals surface area contributed by atoms with Gasteiger partial charge in [-0.2, -0.15) is 0 Å². The predicted octanol–water partition coefficient (Wildman–Crippen LogP) is 3.46. The third-order valence-electron chi connectivity index (χ3n) is 2.70. The van der Waals surface area contributed by atoms with Gasteiger partial charge < -0.3 is 14.8 Å². The number of halogens is 1. The van der Waals surface area contributed by atoms with E-state index in [-0.39, 0.29) is 5.91 Å². The highest BCUT2D eigenvalue weighted by atomic mass is 79.9. The van der Waals surface area contributed by atoms with Gasteiger partial charge in [-0.25, -0.2) is 0 Å². The Balaban J connectivity index is 2.16. The molecule has 1 amide bonds. The van der Waals surface area contributed by atoms with E-state index in [1.807, 2.05) is 11.4 Å². The van der Waals surface area contributed by atoms with Crippen LogP contribution >= 0.6 is 27.3 Å². The third-order valence-corrected chi connectivity index (χ3v) is 4.40. The van der Waals surface area contributed by atoms with E-state index in [1.54, 1.807) is 29.5 Å². The number of amides is 1. The number of rotatable bonds is 5. The summed E-state index contributed by atoms with van der Waals surface area (Å²) in [6, 6.07) is 7.23. The molecule has 0 spiro atoms. The van der Waals surface area contributed by atoms with Crippen molar-refractivity contribution in [2.75, 3.05) is 14.2 Å². The summed E-state index contributed by atoms with van der Waals surface area (Å²) in [5.41, 5.74) is 0.410. The zero-order chi connectivity index (χ0) is 14.5. The normalized spacial score (nSPS) is 10.2. The topological polar surface area (TPSA) is 47.6 Å². The van der Waals surface area contributed by atoms with E-state index in [9.17, 15) is 4.79 Å². The Morgan fingerprint density at radius 3 is 2.45 bits per heavy atom. The molecule has 0 radical (unpaired) electrons. The van der Waals surface area contributed by atoms with E-state index in [0.29, 0.717) is 23.6 Å². The molecule has 2 rings (SSSR count). The fourth-order valence-corrected chi connectivity index (χ4v) is 3.17. The second kappa shape index (κ2) is 6.76. The maximum absolute atomic E-state index is 12.3. The minimum absolute atomic E-state index is 0.219. The van der Waals surface area contributed by atoms with Gasteiger partial charge >= 0.3 is 0 Å². The summed E-state index contributed by atoms with van der Waals surface area (Å²) in [5, 5.41) is 4.85. The lowest BCUT2D eigenvalue weighted by Crippen LogP contribution is -2.23. The molecule has 0 saturated heterocycles. The molecule has 1 N–H and O–H groups in total. The smallest absolute Gasteiger partial charge is 0.259 e. The lowest BCUT2D eigenvalue weighted by Gasteiger charge is -2.12. The first kappa shape index (κ1) is 14.9.